The normalized spacial score (nSPS) is 13.6. The molecule has 0 aliphatic carbocycles. The highest BCUT2D eigenvalue weighted by Gasteiger charge is 2.19. The molecule has 1 aliphatic heterocycles. The third-order valence-corrected chi connectivity index (χ3v) is 5.00. The van der Waals surface area contributed by atoms with Gasteiger partial charge in [-0.3, -0.25) is 14.3 Å². The van der Waals surface area contributed by atoms with Crippen LogP contribution in [0.15, 0.2) is 65.9 Å². The van der Waals surface area contributed by atoms with Gasteiger partial charge in [0.15, 0.2) is 0 Å². The summed E-state index contributed by atoms with van der Waals surface area (Å²) in [5.74, 6) is 0.773. The van der Waals surface area contributed by atoms with Crippen molar-refractivity contribution in [2.24, 2.45) is 4.99 Å². The van der Waals surface area contributed by atoms with Crippen molar-refractivity contribution in [1.82, 2.24) is 14.5 Å². The second kappa shape index (κ2) is 6.56. The quantitative estimate of drug-likeness (QED) is 0.516. The topological polar surface area (TPSA) is 98.2 Å². The molecular formula is C22H18N6O. The number of aryl methyl sites for hydroxylation is 1. The summed E-state index contributed by atoms with van der Waals surface area (Å²) in [4.78, 5) is 25.7. The number of nitrogen functional groups attached to an aromatic ring is 1. The molecule has 2 aromatic carbocycles. The Balaban J connectivity index is 1.57. The lowest BCUT2D eigenvalue weighted by Crippen LogP contribution is -2.15. The van der Waals surface area contributed by atoms with Crippen LogP contribution in [0.25, 0.3) is 16.7 Å². The lowest BCUT2D eigenvalue weighted by atomic mass is 10.1. The van der Waals surface area contributed by atoms with Gasteiger partial charge >= 0.3 is 0 Å². The van der Waals surface area contributed by atoms with E-state index < -0.39 is 0 Å². The third kappa shape index (κ3) is 2.93. The Morgan fingerprint density at radius 2 is 1.93 bits per heavy atom. The number of nitrogens with two attached hydrogens (primary N) is 1. The maximum absolute atomic E-state index is 12.3. The largest absolute Gasteiger partial charge is 0.397 e. The Kier molecular flexibility index (Phi) is 3.87. The molecule has 0 atom stereocenters. The van der Waals surface area contributed by atoms with Crippen LogP contribution in [-0.4, -0.2) is 26.2 Å². The zero-order valence-corrected chi connectivity index (χ0v) is 15.8. The van der Waals surface area contributed by atoms with Crippen molar-refractivity contribution in [2.45, 2.75) is 13.3 Å². The molecule has 4 aromatic rings. The molecule has 0 saturated carbocycles. The molecule has 1 amide bonds. The van der Waals surface area contributed by atoms with E-state index in [-0.39, 0.29) is 12.3 Å². The Bertz CT molecular complexity index is 1290. The van der Waals surface area contributed by atoms with E-state index in [1.54, 1.807) is 30.6 Å². The van der Waals surface area contributed by atoms with Crippen LogP contribution >= 0.6 is 0 Å². The molecule has 0 bridgehead atoms. The first-order valence-electron chi connectivity index (χ1n) is 9.26. The van der Waals surface area contributed by atoms with Crippen molar-refractivity contribution in [3.63, 3.8) is 0 Å². The number of rotatable bonds is 2. The molecular weight excluding hydrogens is 364 g/mol. The third-order valence-electron chi connectivity index (χ3n) is 5.00. The fourth-order valence-corrected chi connectivity index (χ4v) is 3.66. The van der Waals surface area contributed by atoms with E-state index in [0.29, 0.717) is 22.8 Å². The van der Waals surface area contributed by atoms with Gasteiger partial charge in [0.25, 0.3) is 0 Å². The zero-order chi connectivity index (χ0) is 20.0. The van der Waals surface area contributed by atoms with Gasteiger partial charge in [-0.15, -0.1) is 0 Å². The molecule has 29 heavy (non-hydrogen) atoms. The van der Waals surface area contributed by atoms with Crippen LogP contribution in [0.1, 0.15) is 17.8 Å². The first-order chi connectivity index (χ1) is 14.1. The Labute approximate surface area is 166 Å². The molecule has 5 rings (SSSR count). The number of nitrogens with one attached hydrogen (secondary N) is 1. The Morgan fingerprint density at radius 3 is 2.76 bits per heavy atom. The van der Waals surface area contributed by atoms with E-state index in [2.05, 4.69) is 19.9 Å². The number of aromatic nitrogens is 3. The zero-order valence-electron chi connectivity index (χ0n) is 15.8. The van der Waals surface area contributed by atoms with Crippen LogP contribution in [0, 0.1) is 6.92 Å². The molecule has 0 radical (unpaired) electrons. The maximum atomic E-state index is 12.3. The van der Waals surface area contributed by atoms with Crippen molar-refractivity contribution in [3.8, 4) is 5.69 Å². The molecule has 0 fully saturated rings. The van der Waals surface area contributed by atoms with E-state index in [1.807, 2.05) is 37.3 Å². The molecule has 2 aromatic heterocycles. The summed E-state index contributed by atoms with van der Waals surface area (Å²) in [6.07, 6.45) is 3.70. The number of pyridine rings is 1. The van der Waals surface area contributed by atoms with Gasteiger partial charge in [-0.1, -0.05) is 18.2 Å². The number of amides is 1. The van der Waals surface area contributed by atoms with Crippen molar-refractivity contribution in [2.75, 3.05) is 11.1 Å². The number of carbonyl (C=O) groups is 1. The summed E-state index contributed by atoms with van der Waals surface area (Å²) >= 11 is 0. The van der Waals surface area contributed by atoms with E-state index in [4.69, 9.17) is 10.7 Å². The van der Waals surface area contributed by atoms with Crippen LogP contribution < -0.4 is 11.1 Å². The number of imidazole rings is 1. The van der Waals surface area contributed by atoms with Gasteiger partial charge in [-0.25, -0.2) is 9.98 Å². The van der Waals surface area contributed by atoms with Gasteiger partial charge in [0.2, 0.25) is 5.91 Å². The molecule has 7 heteroatoms. The number of para-hydroxylation sites is 1. The minimum absolute atomic E-state index is 0.110. The van der Waals surface area contributed by atoms with Crippen LogP contribution in [0.3, 0.4) is 0 Å². The summed E-state index contributed by atoms with van der Waals surface area (Å²) in [5.41, 5.74) is 12.2. The van der Waals surface area contributed by atoms with Crippen molar-refractivity contribution < 1.29 is 4.79 Å². The second-order valence-corrected chi connectivity index (χ2v) is 6.93. The average Bonchev–Trinajstić information content (AvgIpc) is 2.94. The first kappa shape index (κ1) is 17.1. The standard InChI is InChI=1S/C22H18N6O/c1-13-25-19-12-24-10-9-20(19)28(13)15-7-5-14(6-8-15)18-11-21(29)26-17-4-2-3-16(23)22(17)27-18/h2-10,12H,11,23H2,1H3,(H,26,29). The second-order valence-electron chi connectivity index (χ2n) is 6.93. The van der Waals surface area contributed by atoms with Crippen LogP contribution in [0.4, 0.5) is 17.1 Å². The summed E-state index contributed by atoms with van der Waals surface area (Å²) in [5, 5.41) is 2.87. The number of benzene rings is 2. The predicted molar refractivity (Wildman–Crippen MR) is 114 cm³/mol. The lowest BCUT2D eigenvalue weighted by molar-refractivity contribution is -0.115. The molecule has 0 saturated heterocycles. The number of hydrogen-bond acceptors (Lipinski definition) is 5. The van der Waals surface area contributed by atoms with E-state index in [9.17, 15) is 4.79 Å². The number of hydrogen-bond donors (Lipinski definition) is 2. The molecule has 0 unspecified atom stereocenters. The molecule has 3 N–H and O–H groups in total. The molecule has 142 valence electrons. The highest BCUT2D eigenvalue weighted by Crippen LogP contribution is 2.34. The van der Waals surface area contributed by atoms with Crippen LogP contribution in [0.5, 0.6) is 0 Å². The average molecular weight is 382 g/mol. The maximum Gasteiger partial charge on any atom is 0.230 e. The fourth-order valence-electron chi connectivity index (χ4n) is 3.66. The van der Waals surface area contributed by atoms with Gasteiger partial charge in [0, 0.05) is 11.9 Å². The van der Waals surface area contributed by atoms with Crippen molar-refractivity contribution in [3.05, 3.63) is 72.3 Å². The predicted octanol–water partition coefficient (Wildman–Crippen LogP) is 3.77. The van der Waals surface area contributed by atoms with E-state index in [0.717, 1.165) is 28.1 Å². The van der Waals surface area contributed by atoms with Crippen LogP contribution in [0.2, 0.25) is 0 Å². The minimum atomic E-state index is -0.110. The van der Waals surface area contributed by atoms with Gasteiger partial charge in [-0.2, -0.15) is 0 Å². The van der Waals surface area contributed by atoms with Gasteiger partial charge in [0.1, 0.15) is 17.0 Å². The number of fused-ring (bicyclic) bond motifs is 2. The number of nitrogens with zero attached hydrogens (tertiary/aromatic N) is 4. The lowest BCUT2D eigenvalue weighted by Gasteiger charge is -2.09. The summed E-state index contributed by atoms with van der Waals surface area (Å²) in [6.45, 7) is 1.97. The molecule has 7 nitrogen and oxygen atoms in total. The Morgan fingerprint density at radius 1 is 1.10 bits per heavy atom. The number of carbonyl (C=O) groups excluding carboxylic acids is 1. The minimum Gasteiger partial charge on any atom is -0.397 e. The van der Waals surface area contributed by atoms with Crippen molar-refractivity contribution in [1.29, 1.82) is 0 Å². The molecule has 1 aliphatic rings. The summed E-state index contributed by atoms with van der Waals surface area (Å²) in [7, 11) is 0. The SMILES string of the molecule is Cc1nc2cnccc2n1-c1ccc(C2=Nc3c(N)cccc3NC(=O)C2)cc1. The monoisotopic (exact) mass is 382 g/mol. The smallest absolute Gasteiger partial charge is 0.230 e. The molecule has 0 spiro atoms. The highest BCUT2D eigenvalue weighted by molar-refractivity contribution is 6.17. The van der Waals surface area contributed by atoms with Gasteiger partial charge in [0.05, 0.1) is 35.2 Å². The van der Waals surface area contributed by atoms with E-state index in [1.165, 1.54) is 0 Å². The number of anilines is 2. The Hall–Kier alpha value is -4.00. The van der Waals surface area contributed by atoms with Gasteiger partial charge < -0.3 is 11.1 Å². The highest BCUT2D eigenvalue weighted by atomic mass is 16.1. The first-order valence-corrected chi connectivity index (χ1v) is 9.26. The summed E-state index contributed by atoms with van der Waals surface area (Å²) < 4.78 is 2.08. The fraction of sp³-hybridized carbons (Fsp3) is 0.0909. The van der Waals surface area contributed by atoms with E-state index >= 15 is 0 Å². The number of aliphatic imine (C=N–C) groups is 1. The molecule has 3 heterocycles. The van der Waals surface area contributed by atoms with Crippen molar-refractivity contribution >= 4 is 39.7 Å². The summed E-state index contributed by atoms with van der Waals surface area (Å²) in [6, 6.07) is 15.3. The van der Waals surface area contributed by atoms with Gasteiger partial charge in [-0.05, 0) is 42.8 Å². The van der Waals surface area contributed by atoms with Crippen LogP contribution in [-0.2, 0) is 4.79 Å².